The largest absolute Gasteiger partial charge is 0.378 e. The van der Waals surface area contributed by atoms with Crippen LogP contribution in [-0.2, 0) is 32.6 Å². The first-order chi connectivity index (χ1) is 13.9. The van der Waals surface area contributed by atoms with E-state index in [0.29, 0.717) is 6.54 Å². The van der Waals surface area contributed by atoms with Crippen LogP contribution < -0.4 is 10.2 Å². The van der Waals surface area contributed by atoms with Gasteiger partial charge in [-0.3, -0.25) is 4.79 Å². The fourth-order valence-electron chi connectivity index (χ4n) is 3.14. The van der Waals surface area contributed by atoms with E-state index < -0.39 is 10.0 Å². The highest BCUT2D eigenvalue weighted by Gasteiger charge is 2.20. The molecule has 0 unspecified atom stereocenters. The van der Waals surface area contributed by atoms with Gasteiger partial charge in [-0.25, -0.2) is 8.42 Å². The Kier molecular flexibility index (Phi) is 7.24. The van der Waals surface area contributed by atoms with Crippen LogP contribution in [0.1, 0.15) is 11.1 Å². The third kappa shape index (κ3) is 6.56. The van der Waals surface area contributed by atoms with Crippen LogP contribution in [0.4, 0.5) is 5.69 Å². The van der Waals surface area contributed by atoms with Gasteiger partial charge in [0.2, 0.25) is 15.9 Å². The van der Waals surface area contributed by atoms with Crippen molar-refractivity contribution in [3.8, 4) is 0 Å². The minimum Gasteiger partial charge on any atom is -0.378 e. The van der Waals surface area contributed by atoms with Gasteiger partial charge in [-0.2, -0.15) is 4.31 Å². The summed E-state index contributed by atoms with van der Waals surface area (Å²) in [6.45, 7) is 3.53. The molecule has 1 amide bonds. The Balaban J connectivity index is 1.53. The summed E-state index contributed by atoms with van der Waals surface area (Å²) in [7, 11) is -3.50. The smallest absolute Gasteiger partial charge is 0.235 e. The van der Waals surface area contributed by atoms with Crippen LogP contribution in [0.25, 0.3) is 0 Å². The summed E-state index contributed by atoms with van der Waals surface area (Å²) in [6.07, 6.45) is 1.12. The Morgan fingerprint density at radius 3 is 2.31 bits per heavy atom. The summed E-state index contributed by atoms with van der Waals surface area (Å²) in [5, 5.41) is 2.81. The molecule has 0 saturated carbocycles. The van der Waals surface area contributed by atoms with Crippen LogP contribution >= 0.6 is 0 Å². The van der Waals surface area contributed by atoms with E-state index in [1.54, 1.807) is 0 Å². The number of ether oxygens (including phenoxy) is 1. The molecule has 1 aliphatic heterocycles. The fourth-order valence-corrected chi connectivity index (χ4v) is 3.88. The van der Waals surface area contributed by atoms with Gasteiger partial charge in [0.25, 0.3) is 0 Å². The highest BCUT2D eigenvalue weighted by atomic mass is 32.2. The van der Waals surface area contributed by atoms with Gasteiger partial charge < -0.3 is 15.0 Å². The molecule has 3 rings (SSSR count). The lowest BCUT2D eigenvalue weighted by molar-refractivity contribution is -0.121. The Hall–Kier alpha value is -2.42. The predicted molar refractivity (Wildman–Crippen MR) is 113 cm³/mol. The zero-order valence-corrected chi connectivity index (χ0v) is 17.4. The zero-order chi connectivity index (χ0) is 20.7. The molecule has 0 aromatic heterocycles. The number of hydrogen-bond donors (Lipinski definition) is 1. The molecule has 1 aliphatic rings. The predicted octanol–water partition coefficient (Wildman–Crippen LogP) is 1.60. The molecule has 1 saturated heterocycles. The summed E-state index contributed by atoms with van der Waals surface area (Å²) in [5.74, 6) is -0.330. The number of morpholine rings is 1. The lowest BCUT2D eigenvalue weighted by Crippen LogP contribution is -2.39. The van der Waals surface area contributed by atoms with Crippen molar-refractivity contribution < 1.29 is 17.9 Å². The van der Waals surface area contributed by atoms with Gasteiger partial charge in [-0.1, -0.05) is 42.5 Å². The molecule has 156 valence electrons. The van der Waals surface area contributed by atoms with Crippen molar-refractivity contribution in [2.24, 2.45) is 0 Å². The lowest BCUT2D eigenvalue weighted by atomic mass is 10.2. The van der Waals surface area contributed by atoms with E-state index in [0.717, 1.165) is 49.4 Å². The van der Waals surface area contributed by atoms with Crippen LogP contribution in [0.3, 0.4) is 0 Å². The maximum Gasteiger partial charge on any atom is 0.235 e. The van der Waals surface area contributed by atoms with Crippen molar-refractivity contribution in [3.05, 3.63) is 65.7 Å². The van der Waals surface area contributed by atoms with E-state index >= 15 is 0 Å². The molecule has 1 N–H and O–H groups in total. The van der Waals surface area contributed by atoms with Gasteiger partial charge in [0.05, 0.1) is 26.0 Å². The quantitative estimate of drug-likeness (QED) is 0.706. The molecule has 0 atom stereocenters. The molecule has 1 fully saturated rings. The fraction of sp³-hybridized carbons (Fsp3) is 0.381. The van der Waals surface area contributed by atoms with Crippen LogP contribution in [0.2, 0.25) is 0 Å². The first-order valence-electron chi connectivity index (χ1n) is 9.59. The van der Waals surface area contributed by atoms with Gasteiger partial charge in [-0.05, 0) is 23.3 Å². The van der Waals surface area contributed by atoms with E-state index in [4.69, 9.17) is 4.74 Å². The molecule has 0 radical (unpaired) electrons. The van der Waals surface area contributed by atoms with Crippen molar-refractivity contribution in [2.75, 3.05) is 44.0 Å². The van der Waals surface area contributed by atoms with Crippen molar-refractivity contribution in [3.63, 3.8) is 0 Å². The van der Waals surface area contributed by atoms with Crippen molar-refractivity contribution in [1.82, 2.24) is 9.62 Å². The summed E-state index contributed by atoms with van der Waals surface area (Å²) < 4.78 is 30.7. The van der Waals surface area contributed by atoms with Crippen LogP contribution in [0.5, 0.6) is 0 Å². The Morgan fingerprint density at radius 2 is 1.69 bits per heavy atom. The minimum absolute atomic E-state index is 0.168. The Morgan fingerprint density at radius 1 is 1.03 bits per heavy atom. The second kappa shape index (κ2) is 9.87. The number of rotatable bonds is 8. The number of anilines is 1. The molecule has 8 heteroatoms. The summed E-state index contributed by atoms with van der Waals surface area (Å²) in [4.78, 5) is 14.6. The van der Waals surface area contributed by atoms with Crippen molar-refractivity contribution in [1.29, 1.82) is 0 Å². The Labute approximate surface area is 172 Å². The number of hydrogen-bond acceptors (Lipinski definition) is 5. The second-order valence-corrected chi connectivity index (χ2v) is 9.04. The van der Waals surface area contributed by atoms with Gasteiger partial charge in [0, 0.05) is 31.9 Å². The summed E-state index contributed by atoms with van der Waals surface area (Å²) in [6, 6.07) is 17.2. The van der Waals surface area contributed by atoms with E-state index in [2.05, 4.69) is 10.2 Å². The summed E-state index contributed by atoms with van der Waals surface area (Å²) >= 11 is 0. The van der Waals surface area contributed by atoms with Gasteiger partial charge in [-0.15, -0.1) is 0 Å². The van der Waals surface area contributed by atoms with Crippen LogP contribution in [0, 0.1) is 0 Å². The molecule has 1 heterocycles. The third-order valence-corrected chi connectivity index (χ3v) is 5.99. The molecular formula is C21H27N3O4S. The number of carbonyl (C=O) groups excluding carboxylic acids is 1. The number of nitrogens with one attached hydrogen (secondary N) is 1. The molecule has 2 aromatic rings. The maximum absolute atomic E-state index is 12.3. The maximum atomic E-state index is 12.3. The molecular weight excluding hydrogens is 390 g/mol. The molecule has 0 spiro atoms. The molecule has 0 bridgehead atoms. The van der Waals surface area contributed by atoms with E-state index in [1.807, 2.05) is 54.6 Å². The van der Waals surface area contributed by atoms with Crippen molar-refractivity contribution >= 4 is 21.6 Å². The molecule has 29 heavy (non-hydrogen) atoms. The number of sulfonamides is 1. The van der Waals surface area contributed by atoms with Gasteiger partial charge in [0.15, 0.2) is 0 Å². The third-order valence-electron chi connectivity index (χ3n) is 4.79. The first-order valence-corrected chi connectivity index (χ1v) is 11.4. The second-order valence-electron chi connectivity index (χ2n) is 7.06. The monoisotopic (exact) mass is 417 g/mol. The number of carbonyl (C=O) groups is 1. The van der Waals surface area contributed by atoms with Crippen molar-refractivity contribution in [2.45, 2.75) is 13.1 Å². The average molecular weight is 418 g/mol. The lowest BCUT2D eigenvalue weighted by Gasteiger charge is -2.28. The molecule has 7 nitrogen and oxygen atoms in total. The summed E-state index contributed by atoms with van der Waals surface area (Å²) in [5.41, 5.74) is 2.93. The zero-order valence-electron chi connectivity index (χ0n) is 16.6. The normalized spacial score (nSPS) is 14.8. The van der Waals surface area contributed by atoms with Crippen LogP contribution in [-0.4, -0.2) is 57.7 Å². The number of nitrogens with zero attached hydrogens (tertiary/aromatic N) is 2. The van der Waals surface area contributed by atoms with E-state index in [1.165, 1.54) is 4.31 Å². The Bertz CT molecular complexity index is 895. The molecule has 0 aliphatic carbocycles. The van der Waals surface area contributed by atoms with Crippen LogP contribution in [0.15, 0.2) is 54.6 Å². The number of benzene rings is 2. The SMILES string of the molecule is CS(=O)(=O)N(CC(=O)NCc1ccc(N2CCOCC2)cc1)Cc1ccccc1. The molecule has 2 aromatic carbocycles. The standard InChI is InChI=1S/C21H27N3O4S/c1-29(26,27)24(16-19-5-3-2-4-6-19)17-21(25)22-15-18-7-9-20(10-8-18)23-11-13-28-14-12-23/h2-10H,11-17H2,1H3,(H,22,25). The van der Waals surface area contributed by atoms with Gasteiger partial charge in [0.1, 0.15) is 0 Å². The topological polar surface area (TPSA) is 79.0 Å². The first kappa shape index (κ1) is 21.3. The average Bonchev–Trinajstić information content (AvgIpc) is 2.73. The van der Waals surface area contributed by atoms with Gasteiger partial charge >= 0.3 is 0 Å². The number of amides is 1. The minimum atomic E-state index is -3.50. The highest BCUT2D eigenvalue weighted by Crippen LogP contribution is 2.16. The van der Waals surface area contributed by atoms with E-state index in [-0.39, 0.29) is 19.0 Å². The van der Waals surface area contributed by atoms with E-state index in [9.17, 15) is 13.2 Å². The highest BCUT2D eigenvalue weighted by molar-refractivity contribution is 7.88.